The Balaban J connectivity index is 0.00000320. The molecule has 164 valence electrons. The lowest BCUT2D eigenvalue weighted by Gasteiger charge is -2.28. The number of aromatic carboxylic acids is 1. The van der Waals surface area contributed by atoms with E-state index in [9.17, 15) is 14.7 Å². The molecule has 9 heteroatoms. The van der Waals surface area contributed by atoms with E-state index in [0.717, 1.165) is 24.8 Å². The van der Waals surface area contributed by atoms with Crippen molar-refractivity contribution in [2.45, 2.75) is 50.9 Å². The fraction of sp³-hybridized carbons (Fsp3) is 0.429. The predicted octanol–water partition coefficient (Wildman–Crippen LogP) is 3.86. The molecule has 0 radical (unpaired) electrons. The van der Waals surface area contributed by atoms with Crippen molar-refractivity contribution in [3.05, 3.63) is 67.6 Å². The van der Waals surface area contributed by atoms with E-state index in [1.54, 1.807) is 28.8 Å². The fourth-order valence-electron chi connectivity index (χ4n) is 3.88. The molecule has 1 aromatic carbocycles. The highest BCUT2D eigenvalue weighted by Gasteiger charge is 2.29. The maximum atomic E-state index is 12.7. The highest BCUT2D eigenvalue weighted by Crippen LogP contribution is 2.26. The second kappa shape index (κ2) is 10.6. The lowest BCUT2D eigenvalue weighted by molar-refractivity contribution is 0.0696. The molecule has 2 atom stereocenters. The van der Waals surface area contributed by atoms with E-state index in [-0.39, 0.29) is 40.7 Å². The first-order valence-electron chi connectivity index (χ1n) is 9.56. The zero-order valence-corrected chi connectivity index (χ0v) is 18.9. The summed E-state index contributed by atoms with van der Waals surface area (Å²) in [4.78, 5) is 25.7. The zero-order chi connectivity index (χ0) is 21.1. The largest absolute Gasteiger partial charge is 0.478 e. The normalized spacial score (nSPS) is 18.4. The molecule has 0 amide bonds. The van der Waals surface area contributed by atoms with Gasteiger partial charge in [-0.1, -0.05) is 35.3 Å². The number of carboxylic acid groups (broad SMARTS) is 1. The molecule has 6 nitrogen and oxygen atoms in total. The molecule has 1 aliphatic carbocycles. The van der Waals surface area contributed by atoms with Crippen molar-refractivity contribution in [3.8, 4) is 0 Å². The summed E-state index contributed by atoms with van der Waals surface area (Å²) in [5.41, 5.74) is 1.47. The Morgan fingerprint density at radius 1 is 1.20 bits per heavy atom. The number of hydrogen-bond acceptors (Lipinski definition) is 4. The molecule has 2 N–H and O–H groups in total. The Morgan fingerprint density at radius 3 is 2.43 bits per heavy atom. The number of aliphatic hydroxyl groups excluding tert-OH is 1. The van der Waals surface area contributed by atoms with Gasteiger partial charge in [0.25, 0.3) is 5.56 Å². The van der Waals surface area contributed by atoms with Crippen molar-refractivity contribution in [3.63, 3.8) is 0 Å². The van der Waals surface area contributed by atoms with E-state index in [0.29, 0.717) is 30.2 Å². The maximum Gasteiger partial charge on any atom is 0.335 e. The number of aryl methyl sites for hydroxylation is 1. The highest BCUT2D eigenvalue weighted by atomic mass is 35.5. The Kier molecular flexibility index (Phi) is 8.76. The van der Waals surface area contributed by atoms with Crippen molar-refractivity contribution in [2.75, 3.05) is 7.05 Å². The number of rotatable bonds is 7. The average Bonchev–Trinajstić information content (AvgIpc) is 3.12. The third kappa shape index (κ3) is 5.56. The monoisotopic (exact) mass is 474 g/mol. The van der Waals surface area contributed by atoms with Crippen LogP contribution in [-0.2, 0) is 19.5 Å². The second-order valence-electron chi connectivity index (χ2n) is 7.48. The van der Waals surface area contributed by atoms with Gasteiger partial charge in [-0.3, -0.25) is 9.69 Å². The summed E-state index contributed by atoms with van der Waals surface area (Å²) in [5.74, 6) is -0.978. The van der Waals surface area contributed by atoms with Gasteiger partial charge < -0.3 is 14.8 Å². The van der Waals surface area contributed by atoms with Crippen LogP contribution in [0.15, 0.2) is 35.1 Å². The summed E-state index contributed by atoms with van der Waals surface area (Å²) in [5, 5.41) is 19.7. The average molecular weight is 476 g/mol. The van der Waals surface area contributed by atoms with Gasteiger partial charge in [-0.05, 0) is 56.5 Å². The molecule has 2 aromatic rings. The van der Waals surface area contributed by atoms with E-state index in [1.165, 1.54) is 6.07 Å². The van der Waals surface area contributed by atoms with E-state index in [2.05, 4.69) is 0 Å². The Labute approximate surface area is 191 Å². The van der Waals surface area contributed by atoms with Crippen LogP contribution in [0.4, 0.5) is 0 Å². The van der Waals surface area contributed by atoms with Crippen molar-refractivity contribution < 1.29 is 15.0 Å². The number of aromatic nitrogens is 1. The number of carbonyl (C=O) groups is 1. The van der Waals surface area contributed by atoms with Gasteiger partial charge in [0.1, 0.15) is 5.02 Å². The summed E-state index contributed by atoms with van der Waals surface area (Å²) >= 11 is 12.5. The quantitative estimate of drug-likeness (QED) is 0.635. The molecule has 30 heavy (non-hydrogen) atoms. The Bertz CT molecular complexity index is 947. The fourth-order valence-corrected chi connectivity index (χ4v) is 4.42. The number of hydrogen-bond donors (Lipinski definition) is 2. The molecule has 1 aliphatic rings. The van der Waals surface area contributed by atoms with Crippen molar-refractivity contribution >= 4 is 41.6 Å². The molecule has 1 saturated carbocycles. The number of halogens is 3. The summed E-state index contributed by atoms with van der Waals surface area (Å²) in [6, 6.07) is 8.07. The van der Waals surface area contributed by atoms with Crippen LogP contribution in [0.25, 0.3) is 0 Å². The minimum Gasteiger partial charge on any atom is -0.478 e. The zero-order valence-electron chi connectivity index (χ0n) is 16.6. The molecule has 1 heterocycles. The van der Waals surface area contributed by atoms with Gasteiger partial charge in [0, 0.05) is 19.1 Å². The first kappa shape index (κ1) is 24.7. The van der Waals surface area contributed by atoms with Crippen LogP contribution in [0.5, 0.6) is 0 Å². The van der Waals surface area contributed by atoms with Gasteiger partial charge in [-0.15, -0.1) is 12.4 Å². The maximum absolute atomic E-state index is 12.7. The van der Waals surface area contributed by atoms with E-state index < -0.39 is 5.97 Å². The summed E-state index contributed by atoms with van der Waals surface area (Å²) < 4.78 is 1.58. The molecule has 0 spiro atoms. The molecule has 0 aliphatic heterocycles. The minimum atomic E-state index is -0.978. The number of aliphatic hydroxyl groups is 1. The predicted molar refractivity (Wildman–Crippen MR) is 120 cm³/mol. The standard InChI is InChI=1S/C21H24Cl2N2O4.ClH/c1-24(17-3-2-4-19(17)26)12-18-15(22)11-16(23)20(27)25(18)10-9-13-5-7-14(8-6-13)21(28)29;/h5-8,11,17,19,26H,2-4,9-10,12H2,1H3,(H,28,29);1H/t17-,19-;/m0./s1. The Hall–Kier alpha value is -1.57. The minimum absolute atomic E-state index is 0. The SMILES string of the molecule is CN(Cc1c(Cl)cc(Cl)c(=O)n1CCc1ccc(C(=O)O)cc1)[C@H]1CCC[C@@H]1O.Cl. The molecule has 0 unspecified atom stereocenters. The van der Waals surface area contributed by atoms with Crippen LogP contribution in [0.2, 0.25) is 10.0 Å². The number of nitrogens with zero attached hydrogens (tertiary/aromatic N) is 2. The third-order valence-electron chi connectivity index (χ3n) is 5.54. The van der Waals surface area contributed by atoms with Gasteiger partial charge in [0.15, 0.2) is 0 Å². The first-order valence-corrected chi connectivity index (χ1v) is 10.3. The number of pyridine rings is 1. The van der Waals surface area contributed by atoms with Crippen LogP contribution in [0, 0.1) is 0 Å². The van der Waals surface area contributed by atoms with Crippen molar-refractivity contribution in [2.24, 2.45) is 0 Å². The van der Waals surface area contributed by atoms with Crippen molar-refractivity contribution in [1.29, 1.82) is 0 Å². The number of carboxylic acids is 1. The number of benzene rings is 1. The van der Waals surface area contributed by atoms with Gasteiger partial charge in [-0.25, -0.2) is 4.79 Å². The van der Waals surface area contributed by atoms with Gasteiger partial charge in [0.05, 0.1) is 22.4 Å². The molecular weight excluding hydrogens is 451 g/mol. The molecule has 0 bridgehead atoms. The van der Waals surface area contributed by atoms with Gasteiger partial charge >= 0.3 is 5.97 Å². The molecule has 0 saturated heterocycles. The van der Waals surface area contributed by atoms with Gasteiger partial charge in [0.2, 0.25) is 0 Å². The van der Waals surface area contributed by atoms with Crippen LogP contribution in [0.3, 0.4) is 0 Å². The van der Waals surface area contributed by atoms with E-state index >= 15 is 0 Å². The first-order chi connectivity index (χ1) is 13.8. The van der Waals surface area contributed by atoms with Crippen LogP contribution in [0.1, 0.15) is 40.9 Å². The smallest absolute Gasteiger partial charge is 0.335 e. The number of likely N-dealkylation sites (N-methyl/N-ethyl adjacent to an activating group) is 1. The molecule has 1 fully saturated rings. The van der Waals surface area contributed by atoms with E-state index in [4.69, 9.17) is 28.3 Å². The van der Waals surface area contributed by atoms with Crippen LogP contribution in [-0.4, -0.2) is 44.8 Å². The lowest BCUT2D eigenvalue weighted by Crippen LogP contribution is -2.39. The van der Waals surface area contributed by atoms with Crippen LogP contribution < -0.4 is 5.56 Å². The molecule has 1 aromatic heterocycles. The van der Waals surface area contributed by atoms with Gasteiger partial charge in [-0.2, -0.15) is 0 Å². The Morgan fingerprint density at radius 2 is 1.87 bits per heavy atom. The molecular formula is C21H25Cl3N2O4. The second-order valence-corrected chi connectivity index (χ2v) is 8.29. The van der Waals surface area contributed by atoms with Crippen LogP contribution >= 0.6 is 35.6 Å². The van der Waals surface area contributed by atoms with E-state index in [1.807, 2.05) is 11.9 Å². The lowest BCUT2D eigenvalue weighted by atomic mass is 10.1. The molecule has 3 rings (SSSR count). The summed E-state index contributed by atoms with van der Waals surface area (Å²) in [6.07, 6.45) is 2.81. The summed E-state index contributed by atoms with van der Waals surface area (Å²) in [6.45, 7) is 0.785. The highest BCUT2D eigenvalue weighted by molar-refractivity contribution is 6.34. The topological polar surface area (TPSA) is 82.8 Å². The summed E-state index contributed by atoms with van der Waals surface area (Å²) in [7, 11) is 1.92. The third-order valence-corrected chi connectivity index (χ3v) is 6.14. The van der Waals surface area contributed by atoms with Crippen molar-refractivity contribution in [1.82, 2.24) is 9.47 Å².